The Morgan fingerprint density at radius 3 is 2.94 bits per heavy atom. The van der Waals surface area contributed by atoms with Gasteiger partial charge in [-0.2, -0.15) is 0 Å². The van der Waals surface area contributed by atoms with Crippen LogP contribution in [-0.4, -0.2) is 11.5 Å². The molecule has 1 N–H and O–H groups in total. The third-order valence-electron chi connectivity index (χ3n) is 3.12. The van der Waals surface area contributed by atoms with E-state index in [1.54, 1.807) is 6.07 Å². The SMILES string of the molecule is O=[N+]([O-])c1ccc(Cl)c(NCC2CC=CCC2)c1. The molecule has 1 aromatic carbocycles. The molecule has 0 saturated heterocycles. The number of non-ortho nitro benzene ring substituents is 1. The van der Waals surface area contributed by atoms with Gasteiger partial charge in [-0.15, -0.1) is 0 Å². The Kier molecular flexibility index (Phi) is 4.20. The van der Waals surface area contributed by atoms with Crippen LogP contribution in [0.15, 0.2) is 30.4 Å². The van der Waals surface area contributed by atoms with E-state index in [0.717, 1.165) is 25.8 Å². The fraction of sp³-hybridized carbons (Fsp3) is 0.385. The summed E-state index contributed by atoms with van der Waals surface area (Å²) in [6.45, 7) is 0.797. The van der Waals surface area contributed by atoms with E-state index in [9.17, 15) is 10.1 Å². The Morgan fingerprint density at radius 1 is 1.44 bits per heavy atom. The fourth-order valence-corrected chi connectivity index (χ4v) is 2.24. The van der Waals surface area contributed by atoms with Crippen molar-refractivity contribution in [3.8, 4) is 0 Å². The maximum Gasteiger partial charge on any atom is 0.271 e. The van der Waals surface area contributed by atoms with E-state index < -0.39 is 4.92 Å². The monoisotopic (exact) mass is 266 g/mol. The lowest BCUT2D eigenvalue weighted by Crippen LogP contribution is -2.15. The van der Waals surface area contributed by atoms with E-state index in [1.165, 1.54) is 12.1 Å². The van der Waals surface area contributed by atoms with Gasteiger partial charge in [0.05, 0.1) is 15.6 Å². The predicted octanol–water partition coefficient (Wildman–Crippen LogP) is 4.02. The zero-order chi connectivity index (χ0) is 13.0. The largest absolute Gasteiger partial charge is 0.383 e. The molecule has 0 aliphatic heterocycles. The molecule has 0 heterocycles. The maximum absolute atomic E-state index is 10.7. The zero-order valence-electron chi connectivity index (χ0n) is 9.93. The van der Waals surface area contributed by atoms with Crippen molar-refractivity contribution in [3.05, 3.63) is 45.5 Å². The molecule has 1 unspecified atom stereocenters. The zero-order valence-corrected chi connectivity index (χ0v) is 10.7. The molecule has 1 aliphatic rings. The third-order valence-corrected chi connectivity index (χ3v) is 3.45. The molecule has 18 heavy (non-hydrogen) atoms. The Morgan fingerprint density at radius 2 is 2.28 bits per heavy atom. The van der Waals surface area contributed by atoms with Crippen LogP contribution in [-0.2, 0) is 0 Å². The first-order valence-corrected chi connectivity index (χ1v) is 6.37. The Labute approximate surface area is 111 Å². The van der Waals surface area contributed by atoms with E-state index in [1.807, 2.05) is 0 Å². The highest BCUT2D eigenvalue weighted by atomic mass is 35.5. The van der Waals surface area contributed by atoms with Gasteiger partial charge >= 0.3 is 0 Å². The number of hydrogen-bond acceptors (Lipinski definition) is 3. The van der Waals surface area contributed by atoms with Gasteiger partial charge in [0.25, 0.3) is 5.69 Å². The molecule has 1 aromatic rings. The smallest absolute Gasteiger partial charge is 0.271 e. The Hall–Kier alpha value is -1.55. The molecule has 0 bridgehead atoms. The van der Waals surface area contributed by atoms with Crippen LogP contribution in [0.4, 0.5) is 11.4 Å². The van der Waals surface area contributed by atoms with Gasteiger partial charge in [0, 0.05) is 18.7 Å². The van der Waals surface area contributed by atoms with Crippen molar-refractivity contribution in [2.45, 2.75) is 19.3 Å². The summed E-state index contributed by atoms with van der Waals surface area (Å²) in [5.41, 5.74) is 0.700. The highest BCUT2D eigenvalue weighted by molar-refractivity contribution is 6.33. The molecule has 0 spiro atoms. The molecule has 4 nitrogen and oxygen atoms in total. The highest BCUT2D eigenvalue weighted by Gasteiger charge is 2.13. The highest BCUT2D eigenvalue weighted by Crippen LogP contribution is 2.27. The van der Waals surface area contributed by atoms with Crippen LogP contribution in [0.25, 0.3) is 0 Å². The fourth-order valence-electron chi connectivity index (χ4n) is 2.06. The summed E-state index contributed by atoms with van der Waals surface area (Å²) in [6.07, 6.45) is 7.69. The van der Waals surface area contributed by atoms with Crippen LogP contribution >= 0.6 is 11.6 Å². The standard InChI is InChI=1S/C13H15ClN2O2/c14-12-7-6-11(16(17)18)8-13(12)15-9-10-4-2-1-3-5-10/h1-2,6-8,10,15H,3-5,9H2. The van der Waals surface area contributed by atoms with Gasteiger partial charge in [0.15, 0.2) is 0 Å². The minimum absolute atomic E-state index is 0.0606. The summed E-state index contributed by atoms with van der Waals surface area (Å²) in [6, 6.07) is 4.46. The van der Waals surface area contributed by atoms with Gasteiger partial charge in [-0.25, -0.2) is 0 Å². The lowest BCUT2D eigenvalue weighted by molar-refractivity contribution is -0.384. The topological polar surface area (TPSA) is 55.2 Å². The molecular weight excluding hydrogens is 252 g/mol. The molecule has 0 saturated carbocycles. The van der Waals surface area contributed by atoms with Crippen molar-refractivity contribution in [1.82, 2.24) is 0 Å². The number of anilines is 1. The van der Waals surface area contributed by atoms with Crippen molar-refractivity contribution in [3.63, 3.8) is 0 Å². The van der Waals surface area contributed by atoms with Crippen LogP contribution in [0, 0.1) is 16.0 Å². The van der Waals surface area contributed by atoms with Crippen molar-refractivity contribution >= 4 is 23.0 Å². The molecule has 1 atom stereocenters. The summed E-state index contributed by atoms with van der Waals surface area (Å²) in [5, 5.41) is 14.4. The van der Waals surface area contributed by atoms with Gasteiger partial charge in [-0.1, -0.05) is 23.8 Å². The molecule has 0 fully saturated rings. The number of nitrogens with zero attached hydrogens (tertiary/aromatic N) is 1. The van der Waals surface area contributed by atoms with E-state index in [0.29, 0.717) is 16.6 Å². The molecule has 1 aliphatic carbocycles. The number of nitro groups is 1. The van der Waals surface area contributed by atoms with E-state index >= 15 is 0 Å². The normalized spacial score (nSPS) is 18.6. The number of halogens is 1. The summed E-state index contributed by atoms with van der Waals surface area (Å²) in [4.78, 5) is 10.3. The molecule has 2 rings (SSSR count). The second kappa shape index (κ2) is 5.87. The third kappa shape index (κ3) is 3.23. The van der Waals surface area contributed by atoms with Crippen molar-refractivity contribution in [2.75, 3.05) is 11.9 Å². The first-order valence-electron chi connectivity index (χ1n) is 5.99. The molecule has 0 radical (unpaired) electrons. The van der Waals surface area contributed by atoms with Gasteiger partial charge in [0.2, 0.25) is 0 Å². The van der Waals surface area contributed by atoms with Crippen LogP contribution in [0.2, 0.25) is 5.02 Å². The van der Waals surface area contributed by atoms with Crippen molar-refractivity contribution in [2.24, 2.45) is 5.92 Å². The van der Waals surface area contributed by atoms with Gasteiger partial charge in [-0.3, -0.25) is 10.1 Å². The quantitative estimate of drug-likeness (QED) is 0.509. The summed E-state index contributed by atoms with van der Waals surface area (Å²) in [7, 11) is 0. The first-order chi connectivity index (χ1) is 8.66. The number of benzene rings is 1. The minimum atomic E-state index is -0.412. The lowest BCUT2D eigenvalue weighted by Gasteiger charge is -2.19. The molecule has 0 aromatic heterocycles. The number of hydrogen-bond donors (Lipinski definition) is 1. The Bertz CT molecular complexity index is 474. The molecule has 96 valence electrons. The van der Waals surface area contributed by atoms with E-state index in [2.05, 4.69) is 17.5 Å². The summed E-state index contributed by atoms with van der Waals surface area (Å²) in [5.74, 6) is 0.574. The number of nitrogens with one attached hydrogen (secondary N) is 1. The van der Waals surface area contributed by atoms with Crippen LogP contribution in [0.5, 0.6) is 0 Å². The van der Waals surface area contributed by atoms with Gasteiger partial charge in [-0.05, 0) is 31.2 Å². The molecule has 5 heteroatoms. The first kappa shape index (κ1) is 12.9. The van der Waals surface area contributed by atoms with Crippen LogP contribution in [0.1, 0.15) is 19.3 Å². The average Bonchev–Trinajstić information content (AvgIpc) is 2.38. The second-order valence-electron chi connectivity index (χ2n) is 4.45. The van der Waals surface area contributed by atoms with E-state index in [-0.39, 0.29) is 5.69 Å². The lowest BCUT2D eigenvalue weighted by atomic mass is 9.94. The van der Waals surface area contributed by atoms with Crippen molar-refractivity contribution < 1.29 is 4.92 Å². The maximum atomic E-state index is 10.7. The van der Waals surface area contributed by atoms with Crippen LogP contribution < -0.4 is 5.32 Å². The summed E-state index contributed by atoms with van der Waals surface area (Å²) < 4.78 is 0. The Balaban J connectivity index is 2.01. The predicted molar refractivity (Wildman–Crippen MR) is 73.1 cm³/mol. The van der Waals surface area contributed by atoms with E-state index in [4.69, 9.17) is 11.6 Å². The van der Waals surface area contributed by atoms with Crippen LogP contribution in [0.3, 0.4) is 0 Å². The average molecular weight is 267 g/mol. The van der Waals surface area contributed by atoms with Gasteiger partial charge in [0.1, 0.15) is 0 Å². The molecule has 0 amide bonds. The van der Waals surface area contributed by atoms with Crippen molar-refractivity contribution in [1.29, 1.82) is 0 Å². The number of rotatable bonds is 4. The number of allylic oxidation sites excluding steroid dienone is 2. The second-order valence-corrected chi connectivity index (χ2v) is 4.86. The minimum Gasteiger partial charge on any atom is -0.383 e. The molecular formula is C13H15ClN2O2. The number of nitro benzene ring substituents is 1. The van der Waals surface area contributed by atoms with Gasteiger partial charge < -0.3 is 5.32 Å². The summed E-state index contributed by atoms with van der Waals surface area (Å²) >= 11 is 6.02.